The van der Waals surface area contributed by atoms with Gasteiger partial charge < -0.3 is 14.8 Å². The van der Waals surface area contributed by atoms with Gasteiger partial charge in [-0.25, -0.2) is 0 Å². The van der Waals surface area contributed by atoms with E-state index >= 15 is 0 Å². The van der Waals surface area contributed by atoms with Crippen LogP contribution >= 0.6 is 11.8 Å². The van der Waals surface area contributed by atoms with E-state index in [-0.39, 0.29) is 5.91 Å². The van der Waals surface area contributed by atoms with Gasteiger partial charge in [-0.1, -0.05) is 36.4 Å². The summed E-state index contributed by atoms with van der Waals surface area (Å²) in [7, 11) is 3.25. The minimum Gasteiger partial charge on any atom is -0.493 e. The maximum atomic E-state index is 12.2. The van der Waals surface area contributed by atoms with Crippen LogP contribution in [0.1, 0.15) is 17.5 Å². The van der Waals surface area contributed by atoms with Gasteiger partial charge in [0.2, 0.25) is 5.91 Å². The van der Waals surface area contributed by atoms with Crippen LogP contribution in [0.25, 0.3) is 6.08 Å². The third-order valence-electron chi connectivity index (χ3n) is 4.60. The van der Waals surface area contributed by atoms with E-state index in [4.69, 9.17) is 9.47 Å². The van der Waals surface area contributed by atoms with Gasteiger partial charge in [0.05, 0.1) is 26.1 Å². The molecule has 0 fully saturated rings. The van der Waals surface area contributed by atoms with E-state index in [9.17, 15) is 4.79 Å². The van der Waals surface area contributed by atoms with Crippen molar-refractivity contribution < 1.29 is 14.3 Å². The Hall–Kier alpha value is -3.19. The predicted molar refractivity (Wildman–Crippen MR) is 127 cm³/mol. The van der Waals surface area contributed by atoms with Crippen molar-refractivity contribution in [2.24, 2.45) is 0 Å². The fourth-order valence-corrected chi connectivity index (χ4v) is 3.66. The molecule has 3 aromatic rings. The van der Waals surface area contributed by atoms with E-state index in [0.29, 0.717) is 30.2 Å². The summed E-state index contributed by atoms with van der Waals surface area (Å²) in [4.78, 5) is 12.2. The van der Waals surface area contributed by atoms with Crippen molar-refractivity contribution in [1.29, 1.82) is 0 Å². The van der Waals surface area contributed by atoms with Gasteiger partial charge in [-0.05, 0) is 41.2 Å². The number of rotatable bonds is 11. The molecule has 162 valence electrons. The summed E-state index contributed by atoms with van der Waals surface area (Å²) in [6.45, 7) is 0.700. The summed E-state index contributed by atoms with van der Waals surface area (Å²) in [5.74, 6) is 2.14. The van der Waals surface area contributed by atoms with Crippen molar-refractivity contribution >= 4 is 29.4 Å². The average Bonchev–Trinajstić information content (AvgIpc) is 3.25. The number of thioether (sulfide) groups is 1. The number of hydrogen-bond donors (Lipinski definition) is 1. The van der Waals surface area contributed by atoms with Gasteiger partial charge in [0, 0.05) is 24.9 Å². The van der Waals surface area contributed by atoms with E-state index in [1.165, 1.54) is 0 Å². The molecule has 0 aliphatic rings. The van der Waals surface area contributed by atoms with E-state index in [1.54, 1.807) is 32.2 Å². The quantitative estimate of drug-likeness (QED) is 0.433. The molecule has 0 aliphatic heterocycles. The number of methoxy groups -OCH3 is 2. The van der Waals surface area contributed by atoms with Gasteiger partial charge in [-0.2, -0.15) is 5.10 Å². The first kappa shape index (κ1) is 22.5. The number of carbonyl (C=O) groups excluding carboxylic acids is 1. The number of aromatic nitrogens is 2. The first-order valence-corrected chi connectivity index (χ1v) is 11.1. The highest BCUT2D eigenvalue weighted by molar-refractivity contribution is 8.02. The lowest BCUT2D eigenvalue weighted by Crippen LogP contribution is -2.11. The fraction of sp³-hybridized carbons (Fsp3) is 0.250. The summed E-state index contributed by atoms with van der Waals surface area (Å²) in [6.07, 6.45) is 6.81. The Bertz CT molecular complexity index is 1000. The van der Waals surface area contributed by atoms with Crippen LogP contribution in [0.2, 0.25) is 0 Å². The smallest absolute Gasteiger partial charge is 0.225 e. The van der Waals surface area contributed by atoms with E-state index < -0.39 is 0 Å². The van der Waals surface area contributed by atoms with Crippen molar-refractivity contribution in [3.63, 3.8) is 0 Å². The van der Waals surface area contributed by atoms with Gasteiger partial charge in [0.1, 0.15) is 0 Å². The van der Waals surface area contributed by atoms with Gasteiger partial charge in [0.15, 0.2) is 11.5 Å². The zero-order valence-electron chi connectivity index (χ0n) is 17.8. The average molecular weight is 438 g/mol. The Morgan fingerprint density at radius 1 is 1.13 bits per heavy atom. The number of aryl methyl sites for hydroxylation is 2. The van der Waals surface area contributed by atoms with Crippen molar-refractivity contribution in [2.75, 3.05) is 25.3 Å². The lowest BCUT2D eigenvalue weighted by Gasteiger charge is -2.09. The SMILES string of the molecule is COc1ccc(CCn2cc(NC(=O)CCSC=Cc3ccccc3)cn2)cc1OC. The number of benzene rings is 2. The van der Waals surface area contributed by atoms with E-state index in [1.807, 2.05) is 70.9 Å². The first-order valence-electron chi connectivity index (χ1n) is 10.0. The second-order valence-electron chi connectivity index (χ2n) is 6.81. The molecule has 0 radical (unpaired) electrons. The molecule has 1 aromatic heterocycles. The van der Waals surface area contributed by atoms with Crippen LogP contribution in [-0.2, 0) is 17.8 Å². The summed E-state index contributed by atoms with van der Waals surface area (Å²) >= 11 is 1.62. The number of hydrogen-bond acceptors (Lipinski definition) is 5. The fourth-order valence-electron chi connectivity index (χ4n) is 2.96. The van der Waals surface area contributed by atoms with Crippen LogP contribution < -0.4 is 14.8 Å². The number of anilines is 1. The zero-order chi connectivity index (χ0) is 21.9. The monoisotopic (exact) mass is 437 g/mol. The van der Waals surface area contributed by atoms with E-state index in [0.717, 1.165) is 23.3 Å². The molecule has 0 spiro atoms. The second kappa shape index (κ2) is 11.9. The summed E-state index contributed by atoms with van der Waals surface area (Å²) in [6, 6.07) is 16.0. The molecule has 0 atom stereocenters. The molecule has 0 saturated heterocycles. The number of nitrogens with zero attached hydrogens (tertiary/aromatic N) is 2. The molecule has 0 aliphatic carbocycles. The van der Waals surface area contributed by atoms with Gasteiger partial charge in [0.25, 0.3) is 0 Å². The normalized spacial score (nSPS) is 10.9. The van der Waals surface area contributed by atoms with E-state index in [2.05, 4.69) is 10.4 Å². The summed E-state index contributed by atoms with van der Waals surface area (Å²) in [5.41, 5.74) is 2.99. The molecule has 0 saturated carbocycles. The molecule has 31 heavy (non-hydrogen) atoms. The highest BCUT2D eigenvalue weighted by Gasteiger charge is 2.07. The number of ether oxygens (including phenoxy) is 2. The van der Waals surface area contributed by atoms with Crippen LogP contribution in [0.4, 0.5) is 5.69 Å². The van der Waals surface area contributed by atoms with Crippen molar-refractivity contribution in [3.8, 4) is 11.5 Å². The second-order valence-corrected chi connectivity index (χ2v) is 7.83. The highest BCUT2D eigenvalue weighted by Crippen LogP contribution is 2.27. The molecular formula is C24H27N3O3S. The molecule has 1 heterocycles. The van der Waals surface area contributed by atoms with Crippen molar-refractivity contribution in [1.82, 2.24) is 9.78 Å². The standard InChI is InChI=1S/C24H27N3O3S/c1-29-22-9-8-20(16-23(22)30-2)10-13-27-18-21(17-25-27)26-24(28)12-15-31-14-11-19-6-4-3-5-7-19/h3-9,11,14,16-18H,10,12-13,15H2,1-2H3,(H,26,28). The Morgan fingerprint density at radius 2 is 1.94 bits per heavy atom. The first-order chi connectivity index (χ1) is 15.2. The zero-order valence-corrected chi connectivity index (χ0v) is 18.6. The molecule has 1 N–H and O–H groups in total. The molecule has 0 bridgehead atoms. The van der Waals surface area contributed by atoms with Gasteiger partial charge in [-0.3, -0.25) is 9.48 Å². The topological polar surface area (TPSA) is 65.4 Å². The van der Waals surface area contributed by atoms with Crippen LogP contribution in [0.15, 0.2) is 66.3 Å². The molecule has 6 nitrogen and oxygen atoms in total. The Balaban J connectivity index is 1.40. The Kier molecular flexibility index (Phi) is 8.60. The van der Waals surface area contributed by atoms with Crippen molar-refractivity contribution in [2.45, 2.75) is 19.4 Å². The maximum absolute atomic E-state index is 12.2. The molecular weight excluding hydrogens is 410 g/mol. The third kappa shape index (κ3) is 7.22. The molecule has 1 amide bonds. The molecule has 3 rings (SSSR count). The lowest BCUT2D eigenvalue weighted by molar-refractivity contribution is -0.115. The number of carbonyl (C=O) groups is 1. The van der Waals surface area contributed by atoms with Crippen LogP contribution in [-0.4, -0.2) is 35.7 Å². The minimum absolute atomic E-state index is 0.0138. The summed E-state index contributed by atoms with van der Waals surface area (Å²) < 4.78 is 12.4. The number of nitrogens with one attached hydrogen (secondary N) is 1. The molecule has 2 aromatic carbocycles. The third-order valence-corrected chi connectivity index (χ3v) is 5.37. The Labute approximate surface area is 187 Å². The van der Waals surface area contributed by atoms with Crippen LogP contribution in [0.5, 0.6) is 11.5 Å². The summed E-state index contributed by atoms with van der Waals surface area (Å²) in [5, 5.41) is 9.26. The predicted octanol–water partition coefficient (Wildman–Crippen LogP) is 4.88. The van der Waals surface area contributed by atoms with Gasteiger partial charge >= 0.3 is 0 Å². The largest absolute Gasteiger partial charge is 0.493 e. The molecule has 7 heteroatoms. The number of amides is 1. The maximum Gasteiger partial charge on any atom is 0.225 e. The lowest BCUT2D eigenvalue weighted by atomic mass is 10.1. The van der Waals surface area contributed by atoms with Crippen LogP contribution in [0, 0.1) is 0 Å². The minimum atomic E-state index is -0.0138. The van der Waals surface area contributed by atoms with Gasteiger partial charge in [-0.15, -0.1) is 11.8 Å². The molecule has 0 unspecified atom stereocenters. The highest BCUT2D eigenvalue weighted by atomic mass is 32.2. The van der Waals surface area contributed by atoms with Crippen LogP contribution in [0.3, 0.4) is 0 Å². The Morgan fingerprint density at radius 3 is 2.71 bits per heavy atom. The van der Waals surface area contributed by atoms with Crippen molar-refractivity contribution in [3.05, 3.63) is 77.5 Å².